The first-order chi connectivity index (χ1) is 14.7. The Morgan fingerprint density at radius 3 is 2.33 bits per heavy atom. The Labute approximate surface area is 177 Å². The quantitative estimate of drug-likeness (QED) is 0.651. The van der Waals surface area contributed by atoms with Crippen LogP contribution in [0, 0.1) is 5.82 Å². The summed E-state index contributed by atoms with van der Waals surface area (Å²) in [5, 5.41) is 0. The number of hydrogen-bond acceptors (Lipinski definition) is 3. The van der Waals surface area contributed by atoms with E-state index in [1.807, 2.05) is 48.5 Å². The molecule has 1 fully saturated rings. The van der Waals surface area contributed by atoms with Crippen molar-refractivity contribution in [3.05, 3.63) is 89.7 Å². The van der Waals surface area contributed by atoms with Gasteiger partial charge in [-0.3, -0.25) is 0 Å². The Morgan fingerprint density at radius 1 is 0.867 bits per heavy atom. The second-order valence-corrected chi connectivity index (χ2v) is 7.62. The van der Waals surface area contributed by atoms with Crippen LogP contribution in [0.25, 0.3) is 0 Å². The third-order valence-corrected chi connectivity index (χ3v) is 5.58. The first-order valence-corrected chi connectivity index (χ1v) is 10.4. The summed E-state index contributed by atoms with van der Waals surface area (Å²) in [4.78, 5) is 3.63. The number of quaternary nitrogens is 1. The van der Waals surface area contributed by atoms with Gasteiger partial charge < -0.3 is 19.3 Å². The van der Waals surface area contributed by atoms with Gasteiger partial charge in [0.15, 0.2) is 11.5 Å². The van der Waals surface area contributed by atoms with E-state index in [0.29, 0.717) is 12.3 Å². The molecule has 0 aromatic heterocycles. The minimum absolute atomic E-state index is 0.142. The molecule has 1 aliphatic rings. The second-order valence-electron chi connectivity index (χ2n) is 7.62. The van der Waals surface area contributed by atoms with Crippen molar-refractivity contribution in [3.63, 3.8) is 0 Å². The van der Waals surface area contributed by atoms with E-state index in [0.717, 1.165) is 49.8 Å². The first kappa shape index (κ1) is 20.2. The Hall–Kier alpha value is -3.05. The van der Waals surface area contributed by atoms with Gasteiger partial charge in [-0.2, -0.15) is 0 Å². The SMILES string of the molecule is COc1cc(C[NH+]2CCN(c3ccccc3F)CC2)ccc1OCc1ccccc1. The van der Waals surface area contributed by atoms with Crippen molar-refractivity contribution in [1.82, 2.24) is 0 Å². The van der Waals surface area contributed by atoms with Crippen LogP contribution in [-0.2, 0) is 13.2 Å². The number of halogens is 1. The molecule has 1 N–H and O–H groups in total. The second kappa shape index (κ2) is 9.63. The summed E-state index contributed by atoms with van der Waals surface area (Å²) >= 11 is 0. The van der Waals surface area contributed by atoms with E-state index in [9.17, 15) is 4.39 Å². The number of anilines is 1. The molecule has 0 aliphatic carbocycles. The van der Waals surface area contributed by atoms with Crippen LogP contribution in [0.1, 0.15) is 11.1 Å². The van der Waals surface area contributed by atoms with Crippen molar-refractivity contribution >= 4 is 5.69 Å². The molecule has 0 atom stereocenters. The molecule has 0 amide bonds. The third-order valence-electron chi connectivity index (χ3n) is 5.58. The third kappa shape index (κ3) is 4.92. The van der Waals surface area contributed by atoms with Crippen molar-refractivity contribution in [2.24, 2.45) is 0 Å². The molecule has 3 aromatic rings. The zero-order chi connectivity index (χ0) is 20.8. The van der Waals surface area contributed by atoms with Crippen LogP contribution in [0.5, 0.6) is 11.5 Å². The maximum atomic E-state index is 14.0. The molecule has 0 unspecified atom stereocenters. The molecule has 5 heteroatoms. The van der Waals surface area contributed by atoms with Crippen molar-refractivity contribution < 1.29 is 18.8 Å². The van der Waals surface area contributed by atoms with E-state index in [2.05, 4.69) is 17.0 Å². The summed E-state index contributed by atoms with van der Waals surface area (Å²) in [6, 6.07) is 23.3. The van der Waals surface area contributed by atoms with E-state index in [1.54, 1.807) is 13.2 Å². The highest BCUT2D eigenvalue weighted by Gasteiger charge is 2.22. The standard InChI is InChI=1S/C25H27FN2O2/c1-29-25-17-21(11-12-24(25)30-19-20-7-3-2-4-8-20)18-27-13-15-28(16-14-27)23-10-6-5-9-22(23)26/h2-12,17H,13-16,18-19H2,1H3/p+1. The van der Waals surface area contributed by atoms with Crippen molar-refractivity contribution in [3.8, 4) is 11.5 Å². The van der Waals surface area contributed by atoms with Crippen LogP contribution in [-0.4, -0.2) is 33.3 Å². The molecule has 3 aromatic carbocycles. The van der Waals surface area contributed by atoms with Gasteiger partial charge >= 0.3 is 0 Å². The molecular formula is C25H28FN2O2+. The number of methoxy groups -OCH3 is 1. The molecule has 1 aliphatic heterocycles. The molecule has 4 rings (SSSR count). The van der Waals surface area contributed by atoms with Crippen LogP contribution in [0.4, 0.5) is 10.1 Å². The highest BCUT2D eigenvalue weighted by Crippen LogP contribution is 2.28. The Kier molecular flexibility index (Phi) is 6.50. The Morgan fingerprint density at radius 2 is 1.60 bits per heavy atom. The van der Waals surface area contributed by atoms with Gasteiger partial charge in [0.1, 0.15) is 19.0 Å². The fraction of sp³-hybridized carbons (Fsp3) is 0.280. The lowest BCUT2D eigenvalue weighted by atomic mass is 10.1. The van der Waals surface area contributed by atoms with Crippen LogP contribution >= 0.6 is 0 Å². The van der Waals surface area contributed by atoms with E-state index >= 15 is 0 Å². The van der Waals surface area contributed by atoms with Gasteiger partial charge in [-0.25, -0.2) is 4.39 Å². The average Bonchev–Trinajstić information content (AvgIpc) is 2.80. The summed E-state index contributed by atoms with van der Waals surface area (Å²) in [6.45, 7) is 5.09. The lowest BCUT2D eigenvalue weighted by Gasteiger charge is -2.33. The maximum Gasteiger partial charge on any atom is 0.161 e. The van der Waals surface area contributed by atoms with Gasteiger partial charge in [-0.15, -0.1) is 0 Å². The fourth-order valence-electron chi connectivity index (χ4n) is 3.91. The number of nitrogens with zero attached hydrogens (tertiary/aromatic N) is 1. The smallest absolute Gasteiger partial charge is 0.161 e. The number of ether oxygens (including phenoxy) is 2. The maximum absolute atomic E-state index is 14.0. The van der Waals surface area contributed by atoms with Gasteiger partial charge in [0, 0.05) is 5.56 Å². The summed E-state index contributed by atoms with van der Waals surface area (Å²) in [5.41, 5.74) is 3.05. The fourth-order valence-corrected chi connectivity index (χ4v) is 3.91. The van der Waals surface area contributed by atoms with Crippen LogP contribution < -0.4 is 19.3 Å². The van der Waals surface area contributed by atoms with Crippen LogP contribution in [0.2, 0.25) is 0 Å². The molecule has 1 saturated heterocycles. The van der Waals surface area contributed by atoms with E-state index in [4.69, 9.17) is 9.47 Å². The lowest BCUT2D eigenvalue weighted by Crippen LogP contribution is -3.13. The number of nitrogens with one attached hydrogen (secondary N) is 1. The lowest BCUT2D eigenvalue weighted by molar-refractivity contribution is -0.914. The number of para-hydroxylation sites is 1. The van der Waals surface area contributed by atoms with Gasteiger partial charge in [0.25, 0.3) is 0 Å². The highest BCUT2D eigenvalue weighted by atomic mass is 19.1. The first-order valence-electron chi connectivity index (χ1n) is 10.4. The molecule has 0 saturated carbocycles. The Bertz CT molecular complexity index is 956. The van der Waals surface area contributed by atoms with Gasteiger partial charge in [-0.05, 0) is 35.9 Å². The van der Waals surface area contributed by atoms with E-state index < -0.39 is 0 Å². The molecule has 0 spiro atoms. The molecule has 156 valence electrons. The van der Waals surface area contributed by atoms with E-state index in [-0.39, 0.29) is 5.82 Å². The molecule has 4 nitrogen and oxygen atoms in total. The average molecular weight is 408 g/mol. The van der Waals surface area contributed by atoms with Gasteiger partial charge in [0.2, 0.25) is 0 Å². The largest absolute Gasteiger partial charge is 0.493 e. The Balaban J connectivity index is 1.34. The molecule has 0 radical (unpaired) electrons. The zero-order valence-electron chi connectivity index (χ0n) is 17.3. The minimum atomic E-state index is -0.142. The summed E-state index contributed by atoms with van der Waals surface area (Å²) in [6.07, 6.45) is 0. The predicted octanol–water partition coefficient (Wildman–Crippen LogP) is 3.32. The number of piperazine rings is 1. The van der Waals surface area contributed by atoms with Crippen molar-refractivity contribution in [1.29, 1.82) is 0 Å². The summed E-state index contributed by atoms with van der Waals surface area (Å²) in [7, 11) is 1.68. The van der Waals surface area contributed by atoms with Crippen LogP contribution in [0.3, 0.4) is 0 Å². The van der Waals surface area contributed by atoms with Crippen molar-refractivity contribution in [2.75, 3.05) is 38.2 Å². The van der Waals surface area contributed by atoms with Crippen molar-refractivity contribution in [2.45, 2.75) is 13.2 Å². The van der Waals surface area contributed by atoms with Gasteiger partial charge in [0.05, 0.1) is 39.0 Å². The summed E-state index contributed by atoms with van der Waals surface area (Å²) < 4.78 is 25.6. The number of rotatable bonds is 7. The molecular weight excluding hydrogens is 379 g/mol. The summed E-state index contributed by atoms with van der Waals surface area (Å²) in [5.74, 6) is 1.37. The topological polar surface area (TPSA) is 26.1 Å². The zero-order valence-corrected chi connectivity index (χ0v) is 17.3. The minimum Gasteiger partial charge on any atom is -0.493 e. The predicted molar refractivity (Wildman–Crippen MR) is 117 cm³/mol. The number of benzene rings is 3. The normalized spacial score (nSPS) is 14.5. The molecule has 1 heterocycles. The highest BCUT2D eigenvalue weighted by molar-refractivity contribution is 5.47. The molecule has 0 bridgehead atoms. The number of hydrogen-bond donors (Lipinski definition) is 1. The van der Waals surface area contributed by atoms with Crippen LogP contribution in [0.15, 0.2) is 72.8 Å². The molecule has 30 heavy (non-hydrogen) atoms. The van der Waals surface area contributed by atoms with Gasteiger partial charge in [-0.1, -0.05) is 42.5 Å². The van der Waals surface area contributed by atoms with E-state index in [1.165, 1.54) is 16.5 Å². The monoisotopic (exact) mass is 407 g/mol.